The molecule has 1 unspecified atom stereocenters. The number of ether oxygens (including phenoxy) is 1. The molecule has 2 aromatic rings. The van der Waals surface area contributed by atoms with Crippen LogP contribution in [-0.2, 0) is 0 Å². The quantitative estimate of drug-likeness (QED) is 0.886. The molecule has 23 heavy (non-hydrogen) atoms. The van der Waals surface area contributed by atoms with Crippen LogP contribution in [0.4, 0.5) is 10.1 Å². The lowest BCUT2D eigenvalue weighted by Gasteiger charge is -2.23. The van der Waals surface area contributed by atoms with Crippen molar-refractivity contribution in [2.75, 3.05) is 25.1 Å². The van der Waals surface area contributed by atoms with Crippen molar-refractivity contribution >= 4 is 5.69 Å². The van der Waals surface area contributed by atoms with E-state index in [1.165, 1.54) is 12.1 Å². The highest BCUT2D eigenvalue weighted by Crippen LogP contribution is 2.14. The van der Waals surface area contributed by atoms with Crippen LogP contribution in [0, 0.1) is 12.7 Å². The molecule has 0 saturated heterocycles. The smallest absolute Gasteiger partial charge is 0.137 e. The molecule has 1 heterocycles. The van der Waals surface area contributed by atoms with Crippen molar-refractivity contribution in [3.05, 3.63) is 54.1 Å². The molecule has 0 aliphatic rings. The van der Waals surface area contributed by atoms with E-state index in [-0.39, 0.29) is 11.9 Å². The molecule has 0 radical (unpaired) electrons. The lowest BCUT2D eigenvalue weighted by molar-refractivity contribution is 0.288. The first-order valence-electron chi connectivity index (χ1n) is 7.81. The van der Waals surface area contributed by atoms with E-state index >= 15 is 0 Å². The summed E-state index contributed by atoms with van der Waals surface area (Å²) < 4.78 is 18.8. The molecule has 126 valence electrons. The molecule has 1 aromatic carbocycles. The summed E-state index contributed by atoms with van der Waals surface area (Å²) in [5, 5.41) is 0. The summed E-state index contributed by atoms with van der Waals surface area (Å²) >= 11 is 0. The molecule has 2 rings (SSSR count). The summed E-state index contributed by atoms with van der Waals surface area (Å²) in [5.41, 5.74) is 7.89. The maximum absolute atomic E-state index is 13.2. The van der Waals surface area contributed by atoms with Crippen molar-refractivity contribution in [2.45, 2.75) is 26.8 Å². The lowest BCUT2D eigenvalue weighted by Crippen LogP contribution is -2.39. The molecule has 1 atom stereocenters. The molecular formula is C18H26FN3O. The Morgan fingerprint density at radius 3 is 2.65 bits per heavy atom. The fraction of sp³-hybridized carbons (Fsp3) is 0.389. The highest BCUT2D eigenvalue weighted by molar-refractivity contribution is 5.45. The average molecular weight is 319 g/mol. The minimum absolute atomic E-state index is 0.182. The van der Waals surface area contributed by atoms with E-state index < -0.39 is 0 Å². The third-order valence-electron chi connectivity index (χ3n) is 3.07. The SMILES string of the molecule is CC.Cc1cncc(OCC(N)CN(C)c2cccc(F)c2)c1. The van der Waals surface area contributed by atoms with Crippen molar-refractivity contribution in [1.29, 1.82) is 0 Å². The number of anilines is 1. The standard InChI is InChI=1S/C16H20FN3O.C2H6/c1-12-6-16(9-19-8-12)21-11-14(18)10-20(2)15-5-3-4-13(17)7-15;1-2/h3-9,14H,10-11,18H2,1-2H3;1-2H3. The van der Waals surface area contributed by atoms with Gasteiger partial charge in [0.2, 0.25) is 0 Å². The lowest BCUT2D eigenvalue weighted by atomic mass is 10.2. The molecule has 0 amide bonds. The van der Waals surface area contributed by atoms with E-state index in [9.17, 15) is 4.39 Å². The maximum atomic E-state index is 13.2. The number of rotatable bonds is 6. The monoisotopic (exact) mass is 319 g/mol. The molecule has 0 spiro atoms. The Bertz CT molecular complexity index is 592. The second-order valence-electron chi connectivity index (χ2n) is 5.13. The molecule has 2 N–H and O–H groups in total. The van der Waals surface area contributed by atoms with E-state index in [4.69, 9.17) is 10.5 Å². The van der Waals surface area contributed by atoms with Gasteiger partial charge in [0.05, 0.1) is 12.2 Å². The fourth-order valence-corrected chi connectivity index (χ4v) is 2.03. The Kier molecular flexibility index (Phi) is 8.05. The van der Waals surface area contributed by atoms with Crippen LogP contribution < -0.4 is 15.4 Å². The number of likely N-dealkylation sites (N-methyl/N-ethyl adjacent to an activating group) is 1. The number of benzene rings is 1. The predicted molar refractivity (Wildman–Crippen MR) is 93.5 cm³/mol. The number of aryl methyl sites for hydroxylation is 1. The van der Waals surface area contributed by atoms with Gasteiger partial charge in [0.25, 0.3) is 0 Å². The fourth-order valence-electron chi connectivity index (χ4n) is 2.03. The first-order chi connectivity index (χ1) is 11.0. The Hall–Kier alpha value is -2.14. The zero-order valence-corrected chi connectivity index (χ0v) is 14.3. The summed E-state index contributed by atoms with van der Waals surface area (Å²) in [6.45, 7) is 6.91. The molecule has 0 saturated carbocycles. The predicted octanol–water partition coefficient (Wildman–Crippen LogP) is 3.40. The molecular weight excluding hydrogens is 293 g/mol. The zero-order chi connectivity index (χ0) is 17.2. The molecule has 0 fully saturated rings. The number of nitrogens with zero attached hydrogens (tertiary/aromatic N) is 2. The van der Waals surface area contributed by atoms with Crippen molar-refractivity contribution in [2.24, 2.45) is 5.73 Å². The van der Waals surface area contributed by atoms with Gasteiger partial charge in [-0.15, -0.1) is 0 Å². The van der Waals surface area contributed by atoms with Crippen molar-refractivity contribution in [3.8, 4) is 5.75 Å². The summed E-state index contributed by atoms with van der Waals surface area (Å²) in [4.78, 5) is 5.97. The van der Waals surface area contributed by atoms with Crippen LogP contribution in [-0.4, -0.2) is 31.2 Å². The van der Waals surface area contributed by atoms with Gasteiger partial charge in [-0.2, -0.15) is 0 Å². The first kappa shape index (κ1) is 18.9. The minimum Gasteiger partial charge on any atom is -0.490 e. The van der Waals surface area contributed by atoms with Gasteiger partial charge in [-0.25, -0.2) is 4.39 Å². The molecule has 0 aliphatic carbocycles. The van der Waals surface area contributed by atoms with E-state index in [0.29, 0.717) is 18.9 Å². The van der Waals surface area contributed by atoms with Gasteiger partial charge in [-0.3, -0.25) is 4.98 Å². The van der Waals surface area contributed by atoms with E-state index in [2.05, 4.69) is 4.98 Å². The van der Waals surface area contributed by atoms with Crippen LogP contribution >= 0.6 is 0 Å². The van der Waals surface area contributed by atoms with Gasteiger partial charge in [0, 0.05) is 25.5 Å². The third kappa shape index (κ3) is 6.65. The second-order valence-corrected chi connectivity index (χ2v) is 5.13. The van der Waals surface area contributed by atoms with Crippen LogP contribution in [0.2, 0.25) is 0 Å². The van der Waals surface area contributed by atoms with Crippen LogP contribution in [0.3, 0.4) is 0 Å². The maximum Gasteiger partial charge on any atom is 0.137 e. The van der Waals surface area contributed by atoms with Gasteiger partial charge >= 0.3 is 0 Å². The average Bonchev–Trinajstić information content (AvgIpc) is 2.55. The summed E-state index contributed by atoms with van der Waals surface area (Å²) in [5.74, 6) is 0.453. The Balaban J connectivity index is 0.00000127. The topological polar surface area (TPSA) is 51.4 Å². The van der Waals surface area contributed by atoms with Crippen LogP contribution in [0.5, 0.6) is 5.75 Å². The number of halogens is 1. The first-order valence-corrected chi connectivity index (χ1v) is 7.81. The second kappa shape index (κ2) is 9.79. The van der Waals surface area contributed by atoms with Crippen molar-refractivity contribution in [3.63, 3.8) is 0 Å². The third-order valence-corrected chi connectivity index (χ3v) is 3.07. The van der Waals surface area contributed by atoms with Gasteiger partial charge in [0.1, 0.15) is 18.2 Å². The molecule has 0 aliphatic heterocycles. The van der Waals surface area contributed by atoms with Crippen LogP contribution in [0.25, 0.3) is 0 Å². The molecule has 0 bridgehead atoms. The molecule has 5 heteroatoms. The number of pyridine rings is 1. The molecule has 4 nitrogen and oxygen atoms in total. The van der Waals surface area contributed by atoms with Gasteiger partial charge in [-0.05, 0) is 36.8 Å². The number of nitrogens with two attached hydrogens (primary N) is 1. The summed E-state index contributed by atoms with van der Waals surface area (Å²) in [7, 11) is 1.88. The zero-order valence-electron chi connectivity index (χ0n) is 14.3. The van der Waals surface area contributed by atoms with E-state index in [1.807, 2.05) is 44.9 Å². The number of aromatic nitrogens is 1. The van der Waals surface area contributed by atoms with Gasteiger partial charge in [-0.1, -0.05) is 19.9 Å². The number of hydrogen-bond donors (Lipinski definition) is 1. The van der Waals surface area contributed by atoms with Crippen molar-refractivity contribution in [1.82, 2.24) is 4.98 Å². The highest BCUT2D eigenvalue weighted by Gasteiger charge is 2.09. The van der Waals surface area contributed by atoms with Gasteiger partial charge < -0.3 is 15.4 Å². The largest absolute Gasteiger partial charge is 0.490 e. The Labute approximate surface area is 138 Å². The van der Waals surface area contributed by atoms with Crippen LogP contribution in [0.15, 0.2) is 42.7 Å². The number of hydrogen-bond acceptors (Lipinski definition) is 4. The van der Waals surface area contributed by atoms with Gasteiger partial charge in [0.15, 0.2) is 0 Å². The highest BCUT2D eigenvalue weighted by atomic mass is 19.1. The van der Waals surface area contributed by atoms with E-state index in [1.54, 1.807) is 18.5 Å². The Morgan fingerprint density at radius 2 is 2.00 bits per heavy atom. The Morgan fingerprint density at radius 1 is 1.26 bits per heavy atom. The summed E-state index contributed by atoms with van der Waals surface area (Å²) in [6.07, 6.45) is 3.43. The molecule has 1 aromatic heterocycles. The summed E-state index contributed by atoms with van der Waals surface area (Å²) in [6, 6.07) is 8.17. The van der Waals surface area contributed by atoms with E-state index in [0.717, 1.165) is 11.3 Å². The van der Waals surface area contributed by atoms with Crippen LogP contribution in [0.1, 0.15) is 19.4 Å². The van der Waals surface area contributed by atoms with Crippen molar-refractivity contribution < 1.29 is 9.13 Å². The normalized spacial score (nSPS) is 11.2. The minimum atomic E-state index is -0.255.